The van der Waals surface area contributed by atoms with E-state index in [-0.39, 0.29) is 25.2 Å². The Kier molecular flexibility index (Phi) is 9.03. The molecule has 34 heavy (non-hydrogen) atoms. The Bertz CT molecular complexity index is 883. The Morgan fingerprint density at radius 2 is 1.68 bits per heavy atom. The molecule has 0 aromatic heterocycles. The summed E-state index contributed by atoms with van der Waals surface area (Å²) in [5, 5.41) is 7.87. The van der Waals surface area contributed by atoms with Gasteiger partial charge in [0.05, 0.1) is 7.11 Å². The minimum atomic E-state index is -1.25. The van der Waals surface area contributed by atoms with Crippen molar-refractivity contribution in [3.63, 3.8) is 0 Å². The molecule has 1 aromatic carbocycles. The average Bonchev–Trinajstić information content (AvgIpc) is 2.79. The van der Waals surface area contributed by atoms with Crippen LogP contribution in [-0.4, -0.2) is 72.1 Å². The van der Waals surface area contributed by atoms with Crippen LogP contribution in [0.15, 0.2) is 30.3 Å². The van der Waals surface area contributed by atoms with Gasteiger partial charge >= 0.3 is 12.1 Å². The molecule has 0 unspecified atom stereocenters. The van der Waals surface area contributed by atoms with E-state index in [9.17, 15) is 19.2 Å². The molecule has 0 radical (unpaired) electrons. The lowest BCUT2D eigenvalue weighted by molar-refractivity contribution is -0.145. The highest BCUT2D eigenvalue weighted by Crippen LogP contribution is 2.31. The lowest BCUT2D eigenvalue weighted by Gasteiger charge is -2.55. The first-order chi connectivity index (χ1) is 15.9. The fourth-order valence-electron chi connectivity index (χ4n) is 3.47. The van der Waals surface area contributed by atoms with Gasteiger partial charge in [0.1, 0.15) is 24.2 Å². The SMILES string of the molecule is CCC(C)(C)N1CC(NC(=O)OCc2ccccc2)(C(=O)N[C@@H](C)C(=O)N[C@@H](C)C(=O)OC)C1. The summed E-state index contributed by atoms with van der Waals surface area (Å²) in [7, 11) is 1.22. The standard InChI is InChI=1S/C24H36N4O6/c1-7-23(4,5)28-14-24(15-28,27-22(32)34-13-18-11-9-8-10-12-18)21(31)26-16(2)19(29)25-17(3)20(30)33-6/h8-12,16-17H,7,13-15H2,1-6H3,(H,25,29)(H,26,31)(H,27,32)/t16-,17-/m0/s1. The number of alkyl carbamates (subject to hydrolysis) is 1. The second-order valence-corrected chi connectivity index (χ2v) is 9.24. The van der Waals surface area contributed by atoms with Crippen LogP contribution in [0, 0.1) is 0 Å². The first kappa shape index (κ1) is 27.1. The predicted octanol–water partition coefficient (Wildman–Crippen LogP) is 1.34. The lowest BCUT2D eigenvalue weighted by Crippen LogP contribution is -2.79. The molecule has 10 nitrogen and oxygen atoms in total. The largest absolute Gasteiger partial charge is 0.467 e. The Labute approximate surface area is 200 Å². The normalized spacial score (nSPS) is 16.9. The number of benzene rings is 1. The van der Waals surface area contributed by atoms with Gasteiger partial charge in [-0.15, -0.1) is 0 Å². The van der Waals surface area contributed by atoms with Crippen LogP contribution in [-0.2, 0) is 30.5 Å². The van der Waals surface area contributed by atoms with Crippen molar-refractivity contribution in [2.24, 2.45) is 0 Å². The topological polar surface area (TPSA) is 126 Å². The molecule has 1 aliphatic rings. The summed E-state index contributed by atoms with van der Waals surface area (Å²) in [6.45, 7) is 9.78. The Morgan fingerprint density at radius 3 is 2.24 bits per heavy atom. The number of nitrogens with zero attached hydrogens (tertiary/aromatic N) is 1. The molecular formula is C24H36N4O6. The predicted molar refractivity (Wildman–Crippen MR) is 126 cm³/mol. The molecule has 10 heteroatoms. The highest BCUT2D eigenvalue weighted by molar-refractivity contribution is 5.96. The Balaban J connectivity index is 2.05. The summed E-state index contributed by atoms with van der Waals surface area (Å²) in [6, 6.07) is 7.42. The van der Waals surface area contributed by atoms with Gasteiger partial charge in [-0.05, 0) is 39.7 Å². The van der Waals surface area contributed by atoms with E-state index in [1.165, 1.54) is 21.0 Å². The molecule has 1 saturated heterocycles. The molecule has 3 N–H and O–H groups in total. The summed E-state index contributed by atoms with van der Waals surface area (Å²) < 4.78 is 9.92. The van der Waals surface area contributed by atoms with Crippen LogP contribution in [0.3, 0.4) is 0 Å². The zero-order valence-corrected chi connectivity index (χ0v) is 20.8. The van der Waals surface area contributed by atoms with Gasteiger partial charge in [-0.25, -0.2) is 9.59 Å². The van der Waals surface area contributed by atoms with Crippen LogP contribution in [0.5, 0.6) is 0 Å². The number of methoxy groups -OCH3 is 1. The number of rotatable bonds is 10. The van der Waals surface area contributed by atoms with Crippen molar-refractivity contribution in [2.45, 2.75) is 70.8 Å². The van der Waals surface area contributed by atoms with E-state index in [4.69, 9.17) is 4.74 Å². The number of hydrogen-bond donors (Lipinski definition) is 3. The third-order valence-corrected chi connectivity index (χ3v) is 6.29. The molecule has 2 atom stereocenters. The van der Waals surface area contributed by atoms with Crippen molar-refractivity contribution in [3.8, 4) is 0 Å². The zero-order valence-electron chi connectivity index (χ0n) is 20.8. The van der Waals surface area contributed by atoms with Crippen molar-refractivity contribution < 1.29 is 28.7 Å². The van der Waals surface area contributed by atoms with E-state index in [1.54, 1.807) is 0 Å². The fraction of sp³-hybridized carbons (Fsp3) is 0.583. The zero-order chi connectivity index (χ0) is 25.5. The van der Waals surface area contributed by atoms with Gasteiger partial charge in [-0.3, -0.25) is 14.5 Å². The lowest BCUT2D eigenvalue weighted by atomic mass is 9.82. The summed E-state index contributed by atoms with van der Waals surface area (Å²) in [5.41, 5.74) is -0.593. The molecule has 1 fully saturated rings. The maximum atomic E-state index is 13.2. The molecule has 0 saturated carbocycles. The molecule has 0 spiro atoms. The van der Waals surface area contributed by atoms with Gasteiger partial charge in [0, 0.05) is 18.6 Å². The van der Waals surface area contributed by atoms with Gasteiger partial charge < -0.3 is 25.4 Å². The van der Waals surface area contributed by atoms with E-state index in [1.807, 2.05) is 30.3 Å². The van der Waals surface area contributed by atoms with E-state index in [0.29, 0.717) is 0 Å². The van der Waals surface area contributed by atoms with Gasteiger partial charge in [0.2, 0.25) is 11.8 Å². The second-order valence-electron chi connectivity index (χ2n) is 9.24. The number of carbonyl (C=O) groups is 4. The van der Waals surface area contributed by atoms with Crippen molar-refractivity contribution in [1.82, 2.24) is 20.9 Å². The molecule has 0 aliphatic carbocycles. The fourth-order valence-corrected chi connectivity index (χ4v) is 3.47. The van der Waals surface area contributed by atoms with Crippen LogP contribution in [0.25, 0.3) is 0 Å². The van der Waals surface area contributed by atoms with Crippen molar-refractivity contribution in [2.75, 3.05) is 20.2 Å². The van der Waals surface area contributed by atoms with Gasteiger partial charge in [0.25, 0.3) is 0 Å². The summed E-state index contributed by atoms with van der Waals surface area (Å²) in [4.78, 5) is 51.9. The molecule has 2 rings (SSSR count). The van der Waals surface area contributed by atoms with Crippen LogP contribution < -0.4 is 16.0 Å². The highest BCUT2D eigenvalue weighted by Gasteiger charge is 2.54. The summed E-state index contributed by atoms with van der Waals surface area (Å²) in [5.74, 6) is -1.64. The van der Waals surface area contributed by atoms with Crippen molar-refractivity contribution in [1.29, 1.82) is 0 Å². The van der Waals surface area contributed by atoms with Crippen molar-refractivity contribution in [3.05, 3.63) is 35.9 Å². The van der Waals surface area contributed by atoms with E-state index in [2.05, 4.69) is 46.4 Å². The summed E-state index contributed by atoms with van der Waals surface area (Å²) in [6.07, 6.45) is 0.136. The maximum Gasteiger partial charge on any atom is 0.408 e. The van der Waals surface area contributed by atoms with Crippen LogP contribution >= 0.6 is 0 Å². The maximum absolute atomic E-state index is 13.2. The first-order valence-corrected chi connectivity index (χ1v) is 11.4. The molecule has 1 aromatic rings. The van der Waals surface area contributed by atoms with Crippen molar-refractivity contribution >= 4 is 23.9 Å². The first-order valence-electron chi connectivity index (χ1n) is 11.4. The van der Waals surface area contributed by atoms with E-state index in [0.717, 1.165) is 12.0 Å². The Hall–Kier alpha value is -3.14. The summed E-state index contributed by atoms with van der Waals surface area (Å²) >= 11 is 0. The highest BCUT2D eigenvalue weighted by atomic mass is 16.5. The van der Waals surface area contributed by atoms with E-state index >= 15 is 0 Å². The average molecular weight is 477 g/mol. The molecule has 1 aliphatic heterocycles. The third-order valence-electron chi connectivity index (χ3n) is 6.29. The van der Waals surface area contributed by atoms with Gasteiger partial charge in [-0.1, -0.05) is 37.3 Å². The minimum Gasteiger partial charge on any atom is -0.467 e. The smallest absolute Gasteiger partial charge is 0.408 e. The molecular weight excluding hydrogens is 440 g/mol. The number of carbonyl (C=O) groups excluding carboxylic acids is 4. The number of nitrogens with one attached hydrogen (secondary N) is 3. The molecule has 3 amide bonds. The van der Waals surface area contributed by atoms with Gasteiger partial charge in [-0.2, -0.15) is 0 Å². The van der Waals surface area contributed by atoms with Crippen LogP contribution in [0.1, 0.15) is 46.6 Å². The molecule has 1 heterocycles. The number of esters is 1. The second kappa shape index (κ2) is 11.3. The third kappa shape index (κ3) is 6.69. The number of hydrogen-bond acceptors (Lipinski definition) is 7. The van der Waals surface area contributed by atoms with Crippen LogP contribution in [0.2, 0.25) is 0 Å². The molecule has 188 valence electrons. The number of ether oxygens (including phenoxy) is 2. The molecule has 0 bridgehead atoms. The number of likely N-dealkylation sites (tertiary alicyclic amines) is 1. The minimum absolute atomic E-state index is 0.0682. The van der Waals surface area contributed by atoms with Crippen LogP contribution in [0.4, 0.5) is 4.79 Å². The Morgan fingerprint density at radius 1 is 1.06 bits per heavy atom. The number of amides is 3. The monoisotopic (exact) mass is 476 g/mol. The van der Waals surface area contributed by atoms with E-state index < -0.39 is 41.5 Å². The van der Waals surface area contributed by atoms with Gasteiger partial charge in [0.15, 0.2) is 0 Å². The quantitative estimate of drug-likeness (QED) is 0.435.